The molecule has 0 spiro atoms. The van der Waals surface area contributed by atoms with Crippen molar-refractivity contribution in [3.05, 3.63) is 0 Å². The van der Waals surface area contributed by atoms with Gasteiger partial charge in [-0.25, -0.2) is 0 Å². The molecule has 0 aromatic carbocycles. The maximum absolute atomic E-state index is 5.48. The molecular weight excluding hydrogens is 253 g/mol. The maximum atomic E-state index is 5.48. The van der Waals surface area contributed by atoms with Crippen LogP contribution in [0.4, 0.5) is 0 Å². The minimum atomic E-state index is -3.45. The van der Waals surface area contributed by atoms with Crippen LogP contribution in [-0.4, -0.2) is 26.4 Å². The molecule has 0 saturated carbocycles. The van der Waals surface area contributed by atoms with Gasteiger partial charge in [0.15, 0.2) is 0 Å². The Bertz CT molecular complexity index is 91.2. The van der Waals surface area contributed by atoms with E-state index in [4.69, 9.17) is 13.0 Å². The Labute approximate surface area is 86.0 Å². The fraction of sp³-hybridized carbons (Fsp3) is 1.00. The van der Waals surface area contributed by atoms with Gasteiger partial charge in [-0.2, -0.15) is 0 Å². The van der Waals surface area contributed by atoms with Crippen molar-refractivity contribution in [3.63, 3.8) is 0 Å². The summed E-state index contributed by atoms with van der Waals surface area (Å²) in [7, 11) is 0. The summed E-state index contributed by atoms with van der Waals surface area (Å²) in [4.78, 5) is 0. The van der Waals surface area contributed by atoms with Crippen molar-refractivity contribution in [1.29, 1.82) is 0 Å². The molecule has 0 unspecified atom stereocenters. The molecule has 0 aliphatic rings. The van der Waals surface area contributed by atoms with Gasteiger partial charge in [0, 0.05) is 0 Å². The Balaban J connectivity index is 4.19. The van der Waals surface area contributed by atoms with Crippen molar-refractivity contribution < 1.29 is 31.7 Å². The molecule has 0 amide bonds. The van der Waals surface area contributed by atoms with E-state index >= 15 is 0 Å². The van der Waals surface area contributed by atoms with Gasteiger partial charge in [0.25, 0.3) is 0 Å². The number of hydrogen-bond donors (Lipinski definition) is 0. The summed E-state index contributed by atoms with van der Waals surface area (Å²) < 4.78 is 21.9. The molecule has 0 aliphatic heterocycles. The second kappa shape index (κ2) is 7.94. The van der Waals surface area contributed by atoms with Crippen LogP contribution >= 0.6 is 0 Å². The summed E-state index contributed by atoms with van der Waals surface area (Å²) in [5.41, 5.74) is 0. The van der Waals surface area contributed by atoms with Gasteiger partial charge in [0.1, 0.15) is 0 Å². The van der Waals surface area contributed by atoms with Crippen LogP contribution < -0.4 is 0 Å². The van der Waals surface area contributed by atoms with Crippen LogP contribution in [0.3, 0.4) is 0 Å². The third-order valence-electron chi connectivity index (χ3n) is 1.15. The predicted molar refractivity (Wildman–Crippen MR) is 46.5 cm³/mol. The molecule has 0 saturated heterocycles. The molecule has 0 aromatic rings. The van der Waals surface area contributed by atoms with E-state index in [2.05, 4.69) is 0 Å². The summed E-state index contributed by atoms with van der Waals surface area (Å²) in [6, 6.07) is 0. The first-order valence-corrected chi connectivity index (χ1v) is 8.30. The summed E-state index contributed by atoms with van der Waals surface area (Å²) in [6.45, 7) is 9.97. The van der Waals surface area contributed by atoms with Crippen LogP contribution in [0.25, 0.3) is 0 Å². The van der Waals surface area contributed by atoms with Crippen LogP contribution in [0, 0.1) is 0 Å². The van der Waals surface area contributed by atoms with Gasteiger partial charge in [-0.3, -0.25) is 0 Å². The monoisotopic (exact) mass is 273 g/mol. The predicted octanol–water partition coefficient (Wildman–Crippen LogP) is 1.95. The molecule has 4 nitrogen and oxygen atoms in total. The Morgan fingerprint density at radius 3 is 1.00 bits per heavy atom. The van der Waals surface area contributed by atoms with Gasteiger partial charge in [0.2, 0.25) is 0 Å². The van der Waals surface area contributed by atoms with Gasteiger partial charge in [-0.1, -0.05) is 0 Å². The SMILES string of the molecule is CC[O][Nb]([O]CC)([O]CC)[O]CC. The Hall–Kier alpha value is 0.580. The Morgan fingerprint density at radius 1 is 0.615 bits per heavy atom. The number of hydrogen-bond acceptors (Lipinski definition) is 4. The van der Waals surface area contributed by atoms with Gasteiger partial charge < -0.3 is 0 Å². The third-order valence-corrected chi connectivity index (χ3v) is 6.80. The van der Waals surface area contributed by atoms with Crippen molar-refractivity contribution in [1.82, 2.24) is 0 Å². The van der Waals surface area contributed by atoms with Crippen LogP contribution in [0.1, 0.15) is 27.7 Å². The van der Waals surface area contributed by atoms with Crippen molar-refractivity contribution >= 4 is 0 Å². The van der Waals surface area contributed by atoms with E-state index in [1.54, 1.807) is 0 Å². The zero-order valence-electron chi connectivity index (χ0n) is 8.91. The molecule has 0 aromatic heterocycles. The van der Waals surface area contributed by atoms with E-state index in [9.17, 15) is 0 Å². The molecule has 0 rings (SSSR count). The first kappa shape index (κ1) is 13.6. The van der Waals surface area contributed by atoms with Crippen molar-refractivity contribution in [3.8, 4) is 0 Å². The quantitative estimate of drug-likeness (QED) is 0.633. The van der Waals surface area contributed by atoms with E-state index in [0.29, 0.717) is 26.4 Å². The van der Waals surface area contributed by atoms with E-state index in [0.717, 1.165) is 0 Å². The minimum absolute atomic E-state index is 0.575. The summed E-state index contributed by atoms with van der Waals surface area (Å²) in [6.07, 6.45) is 0. The van der Waals surface area contributed by atoms with Crippen LogP contribution in [0.2, 0.25) is 0 Å². The zero-order valence-corrected chi connectivity index (χ0v) is 11.1. The molecule has 0 N–H and O–H groups in total. The van der Waals surface area contributed by atoms with Gasteiger partial charge in [-0.05, 0) is 0 Å². The molecule has 81 valence electrons. The molecule has 0 aliphatic carbocycles. The second-order valence-electron chi connectivity index (χ2n) is 2.12. The standard InChI is InChI=1S/4C2H5O.Nb/c4*1-2-3;/h4*2H2,1H3;/q4*-1;+4. The number of rotatable bonds is 8. The van der Waals surface area contributed by atoms with Crippen LogP contribution in [-0.2, 0) is 31.7 Å². The topological polar surface area (TPSA) is 36.9 Å². The average molecular weight is 273 g/mol. The first-order chi connectivity index (χ1) is 6.24. The van der Waals surface area contributed by atoms with Crippen molar-refractivity contribution in [2.75, 3.05) is 26.4 Å². The average Bonchev–Trinajstić information content (AvgIpc) is 2.06. The molecule has 0 fully saturated rings. The molecule has 0 heterocycles. The zero-order chi connectivity index (χ0) is 10.2. The van der Waals surface area contributed by atoms with Crippen LogP contribution in [0.15, 0.2) is 0 Å². The summed E-state index contributed by atoms with van der Waals surface area (Å²) in [5.74, 6) is 0. The third kappa shape index (κ3) is 5.12. The molecule has 0 radical (unpaired) electrons. The molecule has 0 atom stereocenters. The summed E-state index contributed by atoms with van der Waals surface area (Å²) in [5, 5.41) is 0. The van der Waals surface area contributed by atoms with Gasteiger partial charge >= 0.3 is 85.8 Å². The van der Waals surface area contributed by atoms with Crippen molar-refractivity contribution in [2.24, 2.45) is 0 Å². The second-order valence-corrected chi connectivity index (χ2v) is 6.86. The first-order valence-electron chi connectivity index (χ1n) is 4.71. The van der Waals surface area contributed by atoms with E-state index < -0.39 is 18.7 Å². The van der Waals surface area contributed by atoms with Gasteiger partial charge in [0.05, 0.1) is 0 Å². The van der Waals surface area contributed by atoms with Crippen LogP contribution in [0.5, 0.6) is 0 Å². The Morgan fingerprint density at radius 2 is 0.846 bits per heavy atom. The summed E-state index contributed by atoms with van der Waals surface area (Å²) >= 11 is -3.45. The Kier molecular flexibility index (Phi) is 8.29. The molecule has 0 bridgehead atoms. The normalized spacial score (nSPS) is 12.0. The van der Waals surface area contributed by atoms with E-state index in [1.807, 2.05) is 27.7 Å². The van der Waals surface area contributed by atoms with E-state index in [-0.39, 0.29) is 0 Å². The fourth-order valence-electron chi connectivity index (χ4n) is 0.856. The molecule has 5 heteroatoms. The van der Waals surface area contributed by atoms with Gasteiger partial charge in [-0.15, -0.1) is 0 Å². The molecular formula is C8H20NbO4. The molecule has 13 heavy (non-hydrogen) atoms. The van der Waals surface area contributed by atoms with E-state index in [1.165, 1.54) is 0 Å². The fourth-order valence-corrected chi connectivity index (χ4v) is 5.06. The van der Waals surface area contributed by atoms with Crippen molar-refractivity contribution in [2.45, 2.75) is 27.7 Å².